The first kappa shape index (κ1) is 14.2. The van der Waals surface area contributed by atoms with E-state index >= 15 is 0 Å². The molecule has 0 heterocycles. The SMILES string of the molecule is COc1ccc(-c2ccc(C(=O)O)cc2OC)cc1Cl. The van der Waals surface area contributed by atoms with Crippen molar-refractivity contribution in [2.75, 3.05) is 14.2 Å². The summed E-state index contributed by atoms with van der Waals surface area (Å²) in [5.74, 6) is 0.0605. The van der Waals surface area contributed by atoms with Crippen molar-refractivity contribution in [2.45, 2.75) is 0 Å². The van der Waals surface area contributed by atoms with Gasteiger partial charge in [-0.2, -0.15) is 0 Å². The molecule has 0 saturated heterocycles. The summed E-state index contributed by atoms with van der Waals surface area (Å²) in [5, 5.41) is 9.47. The Balaban J connectivity index is 2.52. The van der Waals surface area contributed by atoms with Gasteiger partial charge in [-0.05, 0) is 35.9 Å². The molecule has 2 aromatic rings. The first-order valence-electron chi connectivity index (χ1n) is 5.82. The van der Waals surface area contributed by atoms with E-state index in [0.29, 0.717) is 16.5 Å². The molecule has 2 rings (SSSR count). The Hall–Kier alpha value is -2.20. The summed E-state index contributed by atoms with van der Waals surface area (Å²) in [6.07, 6.45) is 0. The van der Waals surface area contributed by atoms with Crippen LogP contribution in [0.4, 0.5) is 0 Å². The third-order valence-electron chi connectivity index (χ3n) is 2.91. The van der Waals surface area contributed by atoms with Crippen molar-refractivity contribution in [3.63, 3.8) is 0 Å². The molecule has 5 heteroatoms. The molecule has 0 spiro atoms. The lowest BCUT2D eigenvalue weighted by molar-refractivity contribution is 0.0696. The number of carboxylic acids is 1. The van der Waals surface area contributed by atoms with Gasteiger partial charge in [0.1, 0.15) is 11.5 Å². The molecule has 0 aliphatic carbocycles. The Bertz CT molecular complexity index is 652. The molecule has 0 amide bonds. The molecule has 0 bridgehead atoms. The fourth-order valence-electron chi connectivity index (χ4n) is 1.90. The summed E-state index contributed by atoms with van der Waals surface area (Å²) in [6.45, 7) is 0. The highest BCUT2D eigenvalue weighted by atomic mass is 35.5. The zero-order chi connectivity index (χ0) is 14.7. The number of hydrogen-bond acceptors (Lipinski definition) is 3. The van der Waals surface area contributed by atoms with Crippen molar-refractivity contribution >= 4 is 17.6 Å². The van der Waals surface area contributed by atoms with Gasteiger partial charge in [0.15, 0.2) is 0 Å². The van der Waals surface area contributed by atoms with Gasteiger partial charge in [-0.15, -0.1) is 0 Å². The van der Waals surface area contributed by atoms with Crippen molar-refractivity contribution in [3.8, 4) is 22.6 Å². The van der Waals surface area contributed by atoms with Gasteiger partial charge in [0.25, 0.3) is 0 Å². The van der Waals surface area contributed by atoms with Crippen LogP contribution in [0.3, 0.4) is 0 Å². The number of ether oxygens (including phenoxy) is 2. The normalized spacial score (nSPS) is 10.2. The zero-order valence-electron chi connectivity index (χ0n) is 11.0. The van der Waals surface area contributed by atoms with Gasteiger partial charge in [-0.3, -0.25) is 0 Å². The molecule has 0 unspecified atom stereocenters. The number of rotatable bonds is 4. The van der Waals surface area contributed by atoms with E-state index in [2.05, 4.69) is 0 Å². The monoisotopic (exact) mass is 292 g/mol. The average Bonchev–Trinajstić information content (AvgIpc) is 2.46. The van der Waals surface area contributed by atoms with Gasteiger partial charge in [0.2, 0.25) is 0 Å². The Morgan fingerprint density at radius 1 is 1.05 bits per heavy atom. The summed E-state index contributed by atoms with van der Waals surface area (Å²) in [4.78, 5) is 11.0. The molecule has 0 atom stereocenters. The topological polar surface area (TPSA) is 55.8 Å². The minimum Gasteiger partial charge on any atom is -0.496 e. The second-order valence-electron chi connectivity index (χ2n) is 4.07. The Kier molecular flexibility index (Phi) is 4.15. The summed E-state index contributed by atoms with van der Waals surface area (Å²) >= 11 is 6.10. The molecule has 2 aromatic carbocycles. The van der Waals surface area contributed by atoms with E-state index in [-0.39, 0.29) is 5.56 Å². The van der Waals surface area contributed by atoms with Crippen LogP contribution in [-0.4, -0.2) is 25.3 Å². The van der Waals surface area contributed by atoms with Crippen LogP contribution < -0.4 is 9.47 Å². The predicted molar refractivity (Wildman–Crippen MR) is 77.0 cm³/mol. The van der Waals surface area contributed by atoms with Gasteiger partial charge in [0, 0.05) is 5.56 Å². The van der Waals surface area contributed by atoms with Crippen LogP contribution in [0, 0.1) is 0 Å². The van der Waals surface area contributed by atoms with E-state index in [1.807, 2.05) is 6.07 Å². The fraction of sp³-hybridized carbons (Fsp3) is 0.133. The molecular formula is C15H13ClO4. The van der Waals surface area contributed by atoms with Gasteiger partial charge < -0.3 is 14.6 Å². The number of benzene rings is 2. The van der Waals surface area contributed by atoms with Crippen molar-refractivity contribution in [1.82, 2.24) is 0 Å². The molecule has 0 fully saturated rings. The molecule has 0 aliphatic rings. The van der Waals surface area contributed by atoms with Crippen LogP contribution in [0.25, 0.3) is 11.1 Å². The quantitative estimate of drug-likeness (QED) is 0.933. The lowest BCUT2D eigenvalue weighted by Crippen LogP contribution is -1.98. The maximum atomic E-state index is 11.0. The number of halogens is 1. The van der Waals surface area contributed by atoms with E-state index in [1.54, 1.807) is 25.3 Å². The minimum atomic E-state index is -0.998. The van der Waals surface area contributed by atoms with Crippen LogP contribution in [0.15, 0.2) is 36.4 Å². The summed E-state index contributed by atoms with van der Waals surface area (Å²) in [5.41, 5.74) is 1.76. The molecule has 20 heavy (non-hydrogen) atoms. The lowest BCUT2D eigenvalue weighted by Gasteiger charge is -2.11. The molecule has 0 radical (unpaired) electrons. The maximum absolute atomic E-state index is 11.0. The lowest BCUT2D eigenvalue weighted by atomic mass is 10.0. The third kappa shape index (κ3) is 2.70. The molecule has 0 aromatic heterocycles. The highest BCUT2D eigenvalue weighted by molar-refractivity contribution is 6.32. The first-order valence-corrected chi connectivity index (χ1v) is 6.20. The molecule has 4 nitrogen and oxygen atoms in total. The van der Waals surface area contributed by atoms with E-state index in [4.69, 9.17) is 26.2 Å². The Labute approximate surface area is 121 Å². The highest BCUT2D eigenvalue weighted by Gasteiger charge is 2.12. The summed E-state index contributed by atoms with van der Waals surface area (Å²) < 4.78 is 10.4. The summed E-state index contributed by atoms with van der Waals surface area (Å²) in [7, 11) is 3.04. The largest absolute Gasteiger partial charge is 0.496 e. The standard InChI is InChI=1S/C15H13ClO4/c1-19-13-6-4-9(7-12(13)16)11-5-3-10(15(17)18)8-14(11)20-2/h3-8H,1-2H3,(H,17,18). The smallest absolute Gasteiger partial charge is 0.335 e. The van der Waals surface area contributed by atoms with Crippen LogP contribution in [0.5, 0.6) is 11.5 Å². The van der Waals surface area contributed by atoms with Gasteiger partial charge in [0.05, 0.1) is 24.8 Å². The highest BCUT2D eigenvalue weighted by Crippen LogP contribution is 2.35. The number of methoxy groups -OCH3 is 2. The van der Waals surface area contributed by atoms with Crippen LogP contribution in [0.1, 0.15) is 10.4 Å². The van der Waals surface area contributed by atoms with Gasteiger partial charge in [-0.25, -0.2) is 4.79 Å². The van der Waals surface area contributed by atoms with Crippen molar-refractivity contribution in [2.24, 2.45) is 0 Å². The molecule has 0 aliphatic heterocycles. The number of aromatic carboxylic acids is 1. The van der Waals surface area contributed by atoms with Crippen LogP contribution >= 0.6 is 11.6 Å². The number of hydrogen-bond donors (Lipinski definition) is 1. The zero-order valence-corrected chi connectivity index (χ0v) is 11.8. The van der Waals surface area contributed by atoms with Crippen molar-refractivity contribution in [1.29, 1.82) is 0 Å². The molecular weight excluding hydrogens is 280 g/mol. The third-order valence-corrected chi connectivity index (χ3v) is 3.21. The Morgan fingerprint density at radius 2 is 1.75 bits per heavy atom. The van der Waals surface area contributed by atoms with Gasteiger partial charge in [-0.1, -0.05) is 17.7 Å². The maximum Gasteiger partial charge on any atom is 0.335 e. The van der Waals surface area contributed by atoms with E-state index in [1.165, 1.54) is 19.2 Å². The number of carbonyl (C=O) groups is 1. The van der Waals surface area contributed by atoms with Crippen LogP contribution in [0.2, 0.25) is 5.02 Å². The van der Waals surface area contributed by atoms with Gasteiger partial charge >= 0.3 is 5.97 Å². The predicted octanol–water partition coefficient (Wildman–Crippen LogP) is 3.72. The second kappa shape index (κ2) is 5.84. The fourth-order valence-corrected chi connectivity index (χ4v) is 2.15. The Morgan fingerprint density at radius 3 is 2.30 bits per heavy atom. The van der Waals surface area contributed by atoms with E-state index < -0.39 is 5.97 Å². The molecule has 104 valence electrons. The first-order chi connectivity index (χ1) is 9.56. The van der Waals surface area contributed by atoms with E-state index in [0.717, 1.165) is 11.1 Å². The minimum absolute atomic E-state index is 0.171. The summed E-state index contributed by atoms with van der Waals surface area (Å²) in [6, 6.07) is 10.0. The number of carboxylic acid groups (broad SMARTS) is 1. The molecule has 0 saturated carbocycles. The van der Waals surface area contributed by atoms with Crippen LogP contribution in [-0.2, 0) is 0 Å². The molecule has 1 N–H and O–H groups in total. The second-order valence-corrected chi connectivity index (χ2v) is 4.48. The average molecular weight is 293 g/mol. The van der Waals surface area contributed by atoms with Crippen molar-refractivity contribution < 1.29 is 19.4 Å². The van der Waals surface area contributed by atoms with Crippen molar-refractivity contribution in [3.05, 3.63) is 47.0 Å². The van der Waals surface area contributed by atoms with E-state index in [9.17, 15) is 4.79 Å².